The molecule has 0 aliphatic carbocycles. The van der Waals surface area contributed by atoms with E-state index in [4.69, 9.17) is 0 Å². The molecule has 0 atom stereocenters. The standard InChI is InChI=1S/C17H19N7OS/c1-23(2)15-14(10-18-17(20-15)24-7-3-4-8-24)19-16(25)11-5-6-12-13(9-11)22-26-21-12/h5-6,9-10H,3-4,7-8H2,1-2H3,(H,19,25). The lowest BCUT2D eigenvalue weighted by atomic mass is 10.2. The number of rotatable bonds is 4. The van der Waals surface area contributed by atoms with Gasteiger partial charge in [0.1, 0.15) is 16.7 Å². The van der Waals surface area contributed by atoms with E-state index in [2.05, 4.69) is 28.9 Å². The number of amides is 1. The Morgan fingerprint density at radius 1 is 1.19 bits per heavy atom. The molecular formula is C17H19N7OS. The van der Waals surface area contributed by atoms with Crippen LogP contribution < -0.4 is 15.1 Å². The van der Waals surface area contributed by atoms with Crippen molar-refractivity contribution in [1.29, 1.82) is 0 Å². The Morgan fingerprint density at radius 2 is 1.96 bits per heavy atom. The number of anilines is 3. The van der Waals surface area contributed by atoms with Gasteiger partial charge in [-0.25, -0.2) is 4.98 Å². The van der Waals surface area contributed by atoms with Gasteiger partial charge in [-0.3, -0.25) is 4.79 Å². The summed E-state index contributed by atoms with van der Waals surface area (Å²) in [5, 5.41) is 2.91. The second-order valence-corrected chi connectivity index (χ2v) is 6.95. The van der Waals surface area contributed by atoms with E-state index >= 15 is 0 Å². The van der Waals surface area contributed by atoms with E-state index in [0.717, 1.165) is 48.7 Å². The van der Waals surface area contributed by atoms with Crippen molar-refractivity contribution in [2.24, 2.45) is 0 Å². The van der Waals surface area contributed by atoms with Crippen LogP contribution in [-0.2, 0) is 0 Å². The van der Waals surface area contributed by atoms with Gasteiger partial charge >= 0.3 is 0 Å². The average molecular weight is 369 g/mol. The molecule has 0 spiro atoms. The Morgan fingerprint density at radius 3 is 2.73 bits per heavy atom. The first kappa shape index (κ1) is 16.6. The summed E-state index contributed by atoms with van der Waals surface area (Å²) in [5.74, 6) is 1.17. The topological polar surface area (TPSA) is 87.1 Å². The minimum absolute atomic E-state index is 0.222. The maximum atomic E-state index is 12.7. The van der Waals surface area contributed by atoms with Crippen LogP contribution in [0.15, 0.2) is 24.4 Å². The predicted octanol–water partition coefficient (Wildman–Crippen LogP) is 2.40. The number of nitrogens with zero attached hydrogens (tertiary/aromatic N) is 6. The van der Waals surface area contributed by atoms with Crippen molar-refractivity contribution < 1.29 is 4.79 Å². The highest BCUT2D eigenvalue weighted by molar-refractivity contribution is 7.00. The Labute approximate surface area is 155 Å². The van der Waals surface area contributed by atoms with Crippen molar-refractivity contribution in [3.63, 3.8) is 0 Å². The molecule has 9 heteroatoms. The SMILES string of the molecule is CN(C)c1nc(N2CCCC2)ncc1NC(=O)c1ccc2nsnc2c1. The zero-order chi connectivity index (χ0) is 18.1. The fourth-order valence-corrected chi connectivity index (χ4v) is 3.50. The number of fused-ring (bicyclic) bond motifs is 1. The van der Waals surface area contributed by atoms with Crippen LogP contribution >= 0.6 is 11.7 Å². The van der Waals surface area contributed by atoms with E-state index in [9.17, 15) is 4.79 Å². The van der Waals surface area contributed by atoms with Crippen LogP contribution in [0, 0.1) is 0 Å². The highest BCUT2D eigenvalue weighted by Gasteiger charge is 2.19. The number of hydrogen-bond acceptors (Lipinski definition) is 8. The molecule has 1 amide bonds. The third-order valence-corrected chi connectivity index (χ3v) is 4.89. The van der Waals surface area contributed by atoms with Crippen molar-refractivity contribution in [3.05, 3.63) is 30.0 Å². The summed E-state index contributed by atoms with van der Waals surface area (Å²) >= 11 is 1.13. The minimum Gasteiger partial charge on any atom is -0.361 e. The summed E-state index contributed by atoms with van der Waals surface area (Å²) in [6, 6.07) is 5.28. The van der Waals surface area contributed by atoms with Crippen LogP contribution in [0.25, 0.3) is 11.0 Å². The van der Waals surface area contributed by atoms with E-state index in [1.165, 1.54) is 0 Å². The normalized spacial score (nSPS) is 14.0. The molecule has 134 valence electrons. The van der Waals surface area contributed by atoms with Gasteiger partial charge in [-0.2, -0.15) is 13.7 Å². The minimum atomic E-state index is -0.222. The molecule has 0 radical (unpaired) electrons. The van der Waals surface area contributed by atoms with E-state index in [0.29, 0.717) is 23.0 Å². The van der Waals surface area contributed by atoms with E-state index < -0.39 is 0 Å². The molecule has 1 aliphatic rings. The van der Waals surface area contributed by atoms with Gasteiger partial charge in [0.05, 0.1) is 17.9 Å². The third-order valence-electron chi connectivity index (χ3n) is 4.33. The molecule has 1 aromatic carbocycles. The molecule has 0 unspecified atom stereocenters. The third kappa shape index (κ3) is 3.17. The van der Waals surface area contributed by atoms with E-state index in [-0.39, 0.29) is 5.91 Å². The quantitative estimate of drug-likeness (QED) is 0.755. The molecule has 1 fully saturated rings. The largest absolute Gasteiger partial charge is 0.361 e. The highest BCUT2D eigenvalue weighted by Crippen LogP contribution is 2.26. The summed E-state index contributed by atoms with van der Waals surface area (Å²) in [7, 11) is 3.80. The van der Waals surface area contributed by atoms with Crippen molar-refractivity contribution in [3.8, 4) is 0 Å². The molecule has 2 aromatic heterocycles. The fourth-order valence-electron chi connectivity index (χ4n) is 2.98. The molecule has 4 rings (SSSR count). The average Bonchev–Trinajstić information content (AvgIpc) is 3.32. The number of aromatic nitrogens is 4. The van der Waals surface area contributed by atoms with Crippen molar-refractivity contribution in [2.75, 3.05) is 42.3 Å². The van der Waals surface area contributed by atoms with Gasteiger partial charge in [-0.05, 0) is 31.0 Å². The van der Waals surface area contributed by atoms with Gasteiger partial charge < -0.3 is 15.1 Å². The molecule has 1 aliphatic heterocycles. The van der Waals surface area contributed by atoms with Crippen LogP contribution in [-0.4, -0.2) is 51.8 Å². The smallest absolute Gasteiger partial charge is 0.255 e. The van der Waals surface area contributed by atoms with Crippen molar-refractivity contribution in [1.82, 2.24) is 18.7 Å². The number of benzene rings is 1. The summed E-state index contributed by atoms with van der Waals surface area (Å²) in [6.07, 6.45) is 4.00. The zero-order valence-corrected chi connectivity index (χ0v) is 15.5. The number of carbonyl (C=O) groups is 1. The Kier molecular flexibility index (Phi) is 4.37. The van der Waals surface area contributed by atoms with Gasteiger partial charge in [-0.1, -0.05) is 0 Å². The maximum Gasteiger partial charge on any atom is 0.255 e. The van der Waals surface area contributed by atoms with E-state index in [1.807, 2.05) is 19.0 Å². The first-order chi connectivity index (χ1) is 12.6. The predicted molar refractivity (Wildman–Crippen MR) is 103 cm³/mol. The Bertz CT molecular complexity index is 949. The monoisotopic (exact) mass is 369 g/mol. The number of carbonyl (C=O) groups excluding carboxylic acids is 1. The van der Waals surface area contributed by atoms with Crippen LogP contribution in [0.5, 0.6) is 0 Å². The van der Waals surface area contributed by atoms with Crippen LogP contribution in [0.3, 0.4) is 0 Å². The Hall–Kier alpha value is -2.81. The van der Waals surface area contributed by atoms with Crippen molar-refractivity contribution >= 4 is 46.1 Å². The lowest BCUT2D eigenvalue weighted by Gasteiger charge is -2.21. The lowest BCUT2D eigenvalue weighted by molar-refractivity contribution is 0.102. The summed E-state index contributed by atoms with van der Waals surface area (Å²) in [4.78, 5) is 25.8. The molecule has 0 bridgehead atoms. The highest BCUT2D eigenvalue weighted by atomic mass is 32.1. The second-order valence-electron chi connectivity index (χ2n) is 6.42. The number of hydrogen-bond donors (Lipinski definition) is 1. The van der Waals surface area contributed by atoms with Crippen LogP contribution in [0.4, 0.5) is 17.5 Å². The molecule has 1 N–H and O–H groups in total. The molecule has 8 nitrogen and oxygen atoms in total. The summed E-state index contributed by atoms with van der Waals surface area (Å²) in [6.45, 7) is 1.94. The van der Waals surface area contributed by atoms with Gasteiger partial charge in [-0.15, -0.1) is 0 Å². The maximum absolute atomic E-state index is 12.7. The van der Waals surface area contributed by atoms with Gasteiger partial charge in [0.2, 0.25) is 5.95 Å². The molecule has 3 heterocycles. The fraction of sp³-hybridized carbons (Fsp3) is 0.353. The summed E-state index contributed by atoms with van der Waals surface area (Å²) in [5.41, 5.74) is 2.62. The van der Waals surface area contributed by atoms with E-state index in [1.54, 1.807) is 24.4 Å². The Balaban J connectivity index is 1.60. The molecule has 26 heavy (non-hydrogen) atoms. The van der Waals surface area contributed by atoms with Gasteiger partial charge in [0.25, 0.3) is 5.91 Å². The summed E-state index contributed by atoms with van der Waals surface area (Å²) < 4.78 is 8.34. The molecule has 3 aromatic rings. The van der Waals surface area contributed by atoms with Gasteiger partial charge in [0.15, 0.2) is 5.82 Å². The second kappa shape index (κ2) is 6.83. The van der Waals surface area contributed by atoms with Gasteiger partial charge in [0, 0.05) is 32.7 Å². The first-order valence-corrected chi connectivity index (χ1v) is 9.18. The molecule has 1 saturated heterocycles. The zero-order valence-electron chi connectivity index (χ0n) is 14.6. The van der Waals surface area contributed by atoms with Crippen LogP contribution in [0.1, 0.15) is 23.2 Å². The first-order valence-electron chi connectivity index (χ1n) is 8.45. The molecule has 0 saturated carbocycles. The lowest BCUT2D eigenvalue weighted by Crippen LogP contribution is -2.23. The van der Waals surface area contributed by atoms with Crippen LogP contribution in [0.2, 0.25) is 0 Å². The molecular weight excluding hydrogens is 350 g/mol. The van der Waals surface area contributed by atoms with Crippen molar-refractivity contribution in [2.45, 2.75) is 12.8 Å². The number of nitrogens with one attached hydrogen (secondary N) is 1.